The first-order valence-corrected chi connectivity index (χ1v) is 14.2. The molecule has 0 aliphatic heterocycles. The van der Waals surface area contributed by atoms with Gasteiger partial charge in [0.05, 0.1) is 6.61 Å². The van der Waals surface area contributed by atoms with Gasteiger partial charge in [0.15, 0.2) is 16.6 Å². The van der Waals surface area contributed by atoms with Gasteiger partial charge in [0, 0.05) is 17.2 Å². The first-order chi connectivity index (χ1) is 9.94. The van der Waals surface area contributed by atoms with Crippen LogP contribution >= 0.6 is 0 Å². The van der Waals surface area contributed by atoms with Crippen LogP contribution in [0.5, 0.6) is 0 Å². The molecule has 0 aromatic heterocycles. The summed E-state index contributed by atoms with van der Waals surface area (Å²) in [6.45, 7) is 14.5. The SMILES string of the molecule is CCCOC(=O)C(=CC(=O)O)C(CC)[Si](C)(C)O[Si](C)(C)C. The lowest BCUT2D eigenvalue weighted by atomic mass is 10.1. The molecule has 0 amide bonds. The number of hydrogen-bond acceptors (Lipinski definition) is 4. The third-order valence-corrected chi connectivity index (χ3v) is 10.1. The van der Waals surface area contributed by atoms with E-state index < -0.39 is 28.6 Å². The molecule has 0 fully saturated rings. The Bertz CT molecular complexity index is 424. The van der Waals surface area contributed by atoms with Crippen LogP contribution < -0.4 is 0 Å². The molecule has 0 aliphatic rings. The van der Waals surface area contributed by atoms with Crippen LogP contribution in [-0.2, 0) is 18.4 Å². The van der Waals surface area contributed by atoms with Crippen LogP contribution in [0.2, 0.25) is 38.3 Å². The third-order valence-electron chi connectivity index (χ3n) is 3.14. The minimum absolute atomic E-state index is 0.195. The zero-order chi connectivity index (χ0) is 17.6. The van der Waals surface area contributed by atoms with E-state index in [2.05, 4.69) is 19.6 Å². The lowest BCUT2D eigenvalue weighted by molar-refractivity contribution is -0.140. The van der Waals surface area contributed by atoms with E-state index in [4.69, 9.17) is 14.0 Å². The van der Waals surface area contributed by atoms with Crippen molar-refractivity contribution in [1.82, 2.24) is 0 Å². The summed E-state index contributed by atoms with van der Waals surface area (Å²) in [5.74, 6) is -1.66. The first-order valence-electron chi connectivity index (χ1n) is 7.76. The molecule has 0 radical (unpaired) electrons. The van der Waals surface area contributed by atoms with E-state index in [0.29, 0.717) is 19.4 Å². The van der Waals surface area contributed by atoms with E-state index in [1.54, 1.807) is 0 Å². The summed E-state index contributed by atoms with van der Waals surface area (Å²) in [5, 5.41) is 9.10. The standard InChI is InChI=1S/C15H30O5Si2/c1-8-10-19-15(18)12(11-14(16)17)13(9-2)22(6,7)20-21(3,4)5/h11,13H,8-10H2,1-7H3,(H,16,17). The smallest absolute Gasteiger partial charge is 0.334 e. The molecule has 0 saturated heterocycles. The predicted molar refractivity (Wildman–Crippen MR) is 92.9 cm³/mol. The normalized spacial score (nSPS) is 14.6. The number of carbonyl (C=O) groups is 2. The fraction of sp³-hybridized carbons (Fsp3) is 0.733. The maximum atomic E-state index is 12.3. The van der Waals surface area contributed by atoms with E-state index in [1.807, 2.05) is 26.9 Å². The Morgan fingerprint density at radius 1 is 1.14 bits per heavy atom. The van der Waals surface area contributed by atoms with Gasteiger partial charge >= 0.3 is 11.9 Å². The van der Waals surface area contributed by atoms with Gasteiger partial charge in [0.2, 0.25) is 0 Å². The molecule has 0 aromatic carbocycles. The molecule has 1 N–H and O–H groups in total. The maximum Gasteiger partial charge on any atom is 0.334 e. The molecular weight excluding hydrogens is 316 g/mol. The number of aliphatic carboxylic acids is 1. The summed E-state index contributed by atoms with van der Waals surface area (Å²) in [6, 6.07) is 0. The molecule has 5 nitrogen and oxygen atoms in total. The Hall–Kier alpha value is -0.926. The minimum Gasteiger partial charge on any atom is -0.478 e. The Morgan fingerprint density at radius 2 is 1.68 bits per heavy atom. The molecule has 0 saturated carbocycles. The van der Waals surface area contributed by atoms with Crippen molar-refractivity contribution < 1.29 is 23.5 Å². The lowest BCUT2D eigenvalue weighted by Gasteiger charge is -2.38. The topological polar surface area (TPSA) is 72.8 Å². The van der Waals surface area contributed by atoms with Gasteiger partial charge in [-0.05, 0) is 45.6 Å². The van der Waals surface area contributed by atoms with Crippen molar-refractivity contribution in [2.75, 3.05) is 6.61 Å². The Morgan fingerprint density at radius 3 is 2.05 bits per heavy atom. The zero-order valence-electron chi connectivity index (χ0n) is 14.9. The molecule has 1 unspecified atom stereocenters. The highest BCUT2D eigenvalue weighted by Gasteiger charge is 2.41. The third kappa shape index (κ3) is 7.37. The summed E-state index contributed by atoms with van der Waals surface area (Å²) >= 11 is 0. The Labute approximate surface area is 136 Å². The van der Waals surface area contributed by atoms with Crippen LogP contribution in [0.25, 0.3) is 0 Å². The molecule has 0 bridgehead atoms. The summed E-state index contributed by atoms with van der Waals surface area (Å²) in [5.41, 5.74) is 0.0399. The molecule has 0 rings (SSSR count). The molecule has 1 atom stereocenters. The van der Waals surface area contributed by atoms with Crippen molar-refractivity contribution in [3.8, 4) is 0 Å². The fourth-order valence-corrected chi connectivity index (χ4v) is 11.5. The van der Waals surface area contributed by atoms with Crippen molar-refractivity contribution in [1.29, 1.82) is 0 Å². The van der Waals surface area contributed by atoms with Crippen molar-refractivity contribution in [2.45, 2.75) is 65.0 Å². The first kappa shape index (κ1) is 21.1. The van der Waals surface area contributed by atoms with Gasteiger partial charge in [-0.1, -0.05) is 13.8 Å². The average Bonchev–Trinajstić information content (AvgIpc) is 2.31. The van der Waals surface area contributed by atoms with Gasteiger partial charge in [-0.3, -0.25) is 0 Å². The highest BCUT2D eigenvalue weighted by atomic mass is 28.4. The van der Waals surface area contributed by atoms with E-state index in [9.17, 15) is 9.59 Å². The molecular formula is C15H30O5Si2. The summed E-state index contributed by atoms with van der Waals surface area (Å²) < 4.78 is 11.5. The lowest BCUT2D eigenvalue weighted by Crippen LogP contribution is -2.47. The number of hydrogen-bond donors (Lipinski definition) is 1. The molecule has 128 valence electrons. The monoisotopic (exact) mass is 346 g/mol. The number of carbonyl (C=O) groups excluding carboxylic acids is 1. The van der Waals surface area contributed by atoms with E-state index in [0.717, 1.165) is 6.08 Å². The second kappa shape index (κ2) is 8.64. The van der Waals surface area contributed by atoms with Crippen LogP contribution in [0.1, 0.15) is 26.7 Å². The highest BCUT2D eigenvalue weighted by Crippen LogP contribution is 2.36. The van der Waals surface area contributed by atoms with Gasteiger partial charge in [-0.15, -0.1) is 0 Å². The zero-order valence-corrected chi connectivity index (χ0v) is 16.9. The Kier molecular flexibility index (Phi) is 8.28. The van der Waals surface area contributed by atoms with Crippen LogP contribution in [0, 0.1) is 0 Å². The number of esters is 1. The number of rotatable bonds is 9. The maximum absolute atomic E-state index is 12.3. The Balaban J connectivity index is 5.57. The summed E-state index contributed by atoms with van der Waals surface area (Å²) in [4.78, 5) is 23.4. The van der Waals surface area contributed by atoms with E-state index in [1.165, 1.54) is 0 Å². The van der Waals surface area contributed by atoms with Gasteiger partial charge < -0.3 is 14.0 Å². The predicted octanol–water partition coefficient (Wildman–Crippen LogP) is 3.79. The van der Waals surface area contributed by atoms with Gasteiger partial charge in [0.1, 0.15) is 0 Å². The number of carboxylic acids is 1. The second-order valence-electron chi connectivity index (χ2n) is 6.85. The molecule has 0 aromatic rings. The molecule has 0 spiro atoms. The van der Waals surface area contributed by atoms with Gasteiger partial charge in [0.25, 0.3) is 0 Å². The molecule has 0 aliphatic carbocycles. The van der Waals surface area contributed by atoms with Crippen LogP contribution in [0.3, 0.4) is 0 Å². The molecule has 7 heteroatoms. The summed E-state index contributed by atoms with van der Waals surface area (Å²) in [7, 11) is -4.05. The van der Waals surface area contributed by atoms with Crippen LogP contribution in [0.4, 0.5) is 0 Å². The van der Waals surface area contributed by atoms with Crippen molar-refractivity contribution in [3.05, 3.63) is 11.6 Å². The average molecular weight is 347 g/mol. The highest BCUT2D eigenvalue weighted by molar-refractivity contribution is 6.85. The van der Waals surface area contributed by atoms with Crippen LogP contribution in [-0.4, -0.2) is 40.3 Å². The van der Waals surface area contributed by atoms with Gasteiger partial charge in [-0.25, -0.2) is 9.59 Å². The van der Waals surface area contributed by atoms with E-state index in [-0.39, 0.29) is 11.1 Å². The van der Waals surface area contributed by atoms with Crippen LogP contribution in [0.15, 0.2) is 11.6 Å². The van der Waals surface area contributed by atoms with Crippen molar-refractivity contribution in [3.63, 3.8) is 0 Å². The van der Waals surface area contributed by atoms with E-state index >= 15 is 0 Å². The molecule has 0 heterocycles. The largest absolute Gasteiger partial charge is 0.478 e. The number of carboxylic acid groups (broad SMARTS) is 1. The van der Waals surface area contributed by atoms with Gasteiger partial charge in [-0.2, -0.15) is 0 Å². The fourth-order valence-electron chi connectivity index (χ4n) is 2.66. The minimum atomic E-state index is -2.27. The van der Waals surface area contributed by atoms with Crippen molar-refractivity contribution >= 4 is 28.6 Å². The quantitative estimate of drug-likeness (QED) is 0.391. The number of ether oxygens (including phenoxy) is 1. The molecule has 22 heavy (non-hydrogen) atoms. The summed E-state index contributed by atoms with van der Waals surface area (Å²) in [6.07, 6.45) is 2.35. The second-order valence-corrected chi connectivity index (χ2v) is 15.8. The van der Waals surface area contributed by atoms with Crippen molar-refractivity contribution in [2.24, 2.45) is 0 Å².